The Morgan fingerprint density at radius 3 is 2.47 bits per heavy atom. The molecule has 0 spiro atoms. The van der Waals surface area contributed by atoms with Gasteiger partial charge in [-0.2, -0.15) is 0 Å². The summed E-state index contributed by atoms with van der Waals surface area (Å²) in [5.74, 6) is -2.35. The maximum absolute atomic E-state index is 11.8. The summed E-state index contributed by atoms with van der Waals surface area (Å²) in [7, 11) is 0. The largest absolute Gasteiger partial charge is 0.480 e. The third kappa shape index (κ3) is 2.63. The third-order valence-corrected chi connectivity index (χ3v) is 3.09. The zero-order valence-corrected chi connectivity index (χ0v) is 10.2. The van der Waals surface area contributed by atoms with Crippen LogP contribution >= 0.6 is 0 Å². The predicted octanol–water partition coefficient (Wildman–Crippen LogP) is -0.232. The van der Waals surface area contributed by atoms with Crippen LogP contribution in [0.25, 0.3) is 0 Å². The fourth-order valence-electron chi connectivity index (χ4n) is 2.13. The van der Waals surface area contributed by atoms with E-state index in [9.17, 15) is 19.5 Å². The molecule has 1 aromatic carbocycles. The highest BCUT2D eigenvalue weighted by molar-refractivity contribution is 6.07. The number of carboxylic acid groups (broad SMARTS) is 1. The van der Waals surface area contributed by atoms with Gasteiger partial charge in [0.1, 0.15) is 6.04 Å². The van der Waals surface area contributed by atoms with E-state index in [-0.39, 0.29) is 12.8 Å². The lowest BCUT2D eigenvalue weighted by Gasteiger charge is -2.22. The van der Waals surface area contributed by atoms with Crippen LogP contribution in [-0.4, -0.2) is 39.9 Å². The Hall–Kier alpha value is -2.21. The monoisotopic (exact) mass is 262 g/mol. The lowest BCUT2D eigenvalue weighted by molar-refractivity contribution is -0.154. The van der Waals surface area contributed by atoms with Crippen LogP contribution in [0.3, 0.4) is 0 Å². The van der Waals surface area contributed by atoms with Crippen LogP contribution < -0.4 is 5.73 Å². The van der Waals surface area contributed by atoms with Gasteiger partial charge in [-0.15, -0.1) is 0 Å². The molecule has 2 unspecified atom stereocenters. The quantitative estimate of drug-likeness (QED) is 0.730. The average molecular weight is 262 g/mol. The van der Waals surface area contributed by atoms with Gasteiger partial charge in [-0.1, -0.05) is 30.3 Å². The van der Waals surface area contributed by atoms with Crippen LogP contribution in [0.2, 0.25) is 0 Å². The summed E-state index contributed by atoms with van der Waals surface area (Å²) < 4.78 is 0. The fraction of sp³-hybridized carbons (Fsp3) is 0.308. The molecule has 3 N–H and O–H groups in total. The highest BCUT2D eigenvalue weighted by atomic mass is 16.4. The van der Waals surface area contributed by atoms with Crippen LogP contribution in [0.4, 0.5) is 0 Å². The van der Waals surface area contributed by atoms with Gasteiger partial charge in [-0.25, -0.2) is 4.79 Å². The predicted molar refractivity (Wildman–Crippen MR) is 66.0 cm³/mol. The van der Waals surface area contributed by atoms with E-state index in [2.05, 4.69) is 0 Å². The van der Waals surface area contributed by atoms with E-state index in [1.165, 1.54) is 0 Å². The lowest BCUT2D eigenvalue weighted by atomic mass is 10.0. The maximum Gasteiger partial charge on any atom is 0.327 e. The van der Waals surface area contributed by atoms with Gasteiger partial charge < -0.3 is 10.8 Å². The number of benzene rings is 1. The maximum atomic E-state index is 11.8. The summed E-state index contributed by atoms with van der Waals surface area (Å²) in [6.45, 7) is 0. The second-order valence-corrected chi connectivity index (χ2v) is 4.46. The molecule has 0 aromatic heterocycles. The van der Waals surface area contributed by atoms with Gasteiger partial charge in [0.05, 0.1) is 12.5 Å². The molecule has 1 aliphatic rings. The zero-order chi connectivity index (χ0) is 14.0. The van der Waals surface area contributed by atoms with E-state index in [1.54, 1.807) is 30.3 Å². The van der Waals surface area contributed by atoms with Gasteiger partial charge in [-0.05, 0) is 5.56 Å². The number of carbonyl (C=O) groups excluding carboxylic acids is 2. The van der Waals surface area contributed by atoms with Gasteiger partial charge in [0.25, 0.3) is 0 Å². The third-order valence-electron chi connectivity index (χ3n) is 3.09. The van der Waals surface area contributed by atoms with Gasteiger partial charge in [0, 0.05) is 6.42 Å². The van der Waals surface area contributed by atoms with E-state index < -0.39 is 29.9 Å². The standard InChI is InChI=1S/C13H14N2O4/c14-9-7-11(16)15(12(9)17)10(13(18)19)6-8-4-2-1-3-5-8/h1-5,9-10H,6-7,14H2,(H,18,19). The highest BCUT2D eigenvalue weighted by Gasteiger charge is 2.43. The van der Waals surface area contributed by atoms with Gasteiger partial charge in [0.15, 0.2) is 0 Å². The summed E-state index contributed by atoms with van der Waals surface area (Å²) in [6.07, 6.45) is -0.0439. The van der Waals surface area contributed by atoms with E-state index in [0.29, 0.717) is 0 Å². The zero-order valence-electron chi connectivity index (χ0n) is 10.2. The SMILES string of the molecule is NC1CC(=O)N(C(Cc2ccccc2)C(=O)O)C1=O. The summed E-state index contributed by atoms with van der Waals surface area (Å²) in [5, 5.41) is 9.23. The van der Waals surface area contributed by atoms with E-state index in [1.807, 2.05) is 0 Å². The molecule has 100 valence electrons. The number of hydrogen-bond acceptors (Lipinski definition) is 4. The summed E-state index contributed by atoms with van der Waals surface area (Å²) in [5.41, 5.74) is 6.23. The first-order chi connectivity index (χ1) is 9.00. The van der Waals surface area contributed by atoms with E-state index in [0.717, 1.165) is 10.5 Å². The first-order valence-corrected chi connectivity index (χ1v) is 5.89. The van der Waals surface area contributed by atoms with Gasteiger partial charge in [-0.3, -0.25) is 14.5 Å². The molecule has 1 saturated heterocycles. The van der Waals surface area contributed by atoms with Crippen molar-refractivity contribution >= 4 is 17.8 Å². The van der Waals surface area contributed by atoms with Crippen molar-refractivity contribution in [3.05, 3.63) is 35.9 Å². The Morgan fingerprint density at radius 1 is 1.37 bits per heavy atom. The minimum atomic E-state index is -1.21. The Kier molecular flexibility index (Phi) is 3.62. The number of rotatable bonds is 4. The molecular formula is C13H14N2O4. The molecule has 1 fully saturated rings. The first kappa shape index (κ1) is 13.2. The minimum Gasteiger partial charge on any atom is -0.480 e. The van der Waals surface area contributed by atoms with Crippen LogP contribution in [-0.2, 0) is 20.8 Å². The topological polar surface area (TPSA) is 101 Å². The van der Waals surface area contributed by atoms with Gasteiger partial charge >= 0.3 is 5.97 Å². The molecule has 0 saturated carbocycles. The van der Waals surface area contributed by atoms with Crippen molar-refractivity contribution in [2.75, 3.05) is 0 Å². The van der Waals surface area contributed by atoms with Crippen molar-refractivity contribution in [2.24, 2.45) is 5.73 Å². The molecule has 0 radical (unpaired) electrons. The Morgan fingerprint density at radius 2 is 2.00 bits per heavy atom. The van der Waals surface area contributed by atoms with Crippen molar-refractivity contribution in [1.82, 2.24) is 4.90 Å². The average Bonchev–Trinajstić information content (AvgIpc) is 2.62. The molecule has 6 heteroatoms. The Labute approximate surface area is 109 Å². The molecule has 6 nitrogen and oxygen atoms in total. The summed E-state index contributed by atoms with van der Waals surface area (Å²) >= 11 is 0. The molecule has 0 aliphatic carbocycles. The number of aliphatic carboxylic acids is 1. The fourth-order valence-corrected chi connectivity index (χ4v) is 2.13. The number of hydrogen-bond donors (Lipinski definition) is 2. The molecule has 1 aromatic rings. The molecule has 2 amide bonds. The van der Waals surface area contributed by atoms with Crippen molar-refractivity contribution in [3.63, 3.8) is 0 Å². The molecule has 1 heterocycles. The second kappa shape index (κ2) is 5.19. The van der Waals surface area contributed by atoms with Crippen LogP contribution in [0.5, 0.6) is 0 Å². The van der Waals surface area contributed by atoms with Crippen molar-refractivity contribution in [1.29, 1.82) is 0 Å². The van der Waals surface area contributed by atoms with Crippen molar-refractivity contribution in [3.8, 4) is 0 Å². The molecule has 2 atom stereocenters. The molecule has 2 rings (SSSR count). The molecule has 1 aliphatic heterocycles. The smallest absolute Gasteiger partial charge is 0.327 e. The number of nitrogens with two attached hydrogens (primary N) is 1. The minimum absolute atomic E-state index is 0.0837. The van der Waals surface area contributed by atoms with Crippen LogP contribution in [0.15, 0.2) is 30.3 Å². The number of nitrogens with zero attached hydrogens (tertiary/aromatic N) is 1. The molecule has 19 heavy (non-hydrogen) atoms. The second-order valence-electron chi connectivity index (χ2n) is 4.46. The highest BCUT2D eigenvalue weighted by Crippen LogP contribution is 2.18. The number of imide groups is 1. The molecule has 0 bridgehead atoms. The van der Waals surface area contributed by atoms with Crippen molar-refractivity contribution in [2.45, 2.75) is 24.9 Å². The van der Waals surface area contributed by atoms with E-state index in [4.69, 9.17) is 5.73 Å². The van der Waals surface area contributed by atoms with Gasteiger partial charge in [0.2, 0.25) is 11.8 Å². The van der Waals surface area contributed by atoms with Crippen LogP contribution in [0.1, 0.15) is 12.0 Å². The number of carbonyl (C=O) groups is 3. The number of amides is 2. The summed E-state index contributed by atoms with van der Waals surface area (Å²) in [6, 6.07) is 6.73. The van der Waals surface area contributed by atoms with E-state index >= 15 is 0 Å². The normalized spacial score (nSPS) is 20.7. The lowest BCUT2D eigenvalue weighted by Crippen LogP contribution is -2.47. The number of likely N-dealkylation sites (tertiary alicyclic amines) is 1. The van der Waals surface area contributed by atoms with Crippen LogP contribution in [0, 0.1) is 0 Å². The molecular weight excluding hydrogens is 248 g/mol. The Balaban J connectivity index is 2.24. The number of carboxylic acids is 1. The van der Waals surface area contributed by atoms with Crippen molar-refractivity contribution < 1.29 is 19.5 Å². The summed E-state index contributed by atoms with van der Waals surface area (Å²) in [4.78, 5) is 35.5. The first-order valence-electron chi connectivity index (χ1n) is 5.89. The Bertz CT molecular complexity index is 515.